The van der Waals surface area contributed by atoms with E-state index >= 15 is 0 Å². The summed E-state index contributed by atoms with van der Waals surface area (Å²) in [5.74, 6) is -1.03. The Morgan fingerprint density at radius 3 is 3.00 bits per heavy atom. The third-order valence-corrected chi connectivity index (χ3v) is 5.21. The molecule has 1 aromatic heterocycles. The smallest absolute Gasteiger partial charge is 0.328 e. The minimum atomic E-state index is -0.985. The van der Waals surface area contributed by atoms with Gasteiger partial charge in [0.25, 0.3) is 5.91 Å². The topological polar surface area (TPSA) is 69.6 Å². The molecule has 2 atom stereocenters. The summed E-state index contributed by atoms with van der Waals surface area (Å²) in [5.41, 5.74) is 0. The van der Waals surface area contributed by atoms with Gasteiger partial charge in [-0.25, -0.2) is 4.79 Å². The maximum Gasteiger partial charge on any atom is 0.328 e. The number of fused-ring (bicyclic) bond motifs is 1. The van der Waals surface area contributed by atoms with Crippen LogP contribution in [0.2, 0.25) is 0 Å². The number of amides is 1. The average molecular weight is 306 g/mol. The monoisotopic (exact) mass is 306 g/mol. The summed E-state index contributed by atoms with van der Waals surface area (Å²) in [5, 5.41) is 11.7. The van der Waals surface area contributed by atoms with Gasteiger partial charge in [-0.05, 0) is 44.0 Å². The van der Waals surface area contributed by atoms with Gasteiger partial charge < -0.3 is 10.4 Å². The number of hydrogen-bond donors (Lipinski definition) is 2. The molecule has 0 bridgehead atoms. The fraction of sp³-hybridized carbons (Fsp3) is 0.467. The number of carboxylic acid groups (broad SMARTS) is 1. The van der Waals surface area contributed by atoms with E-state index in [-0.39, 0.29) is 11.9 Å². The summed E-state index contributed by atoms with van der Waals surface area (Å²) in [7, 11) is 0. The van der Waals surface area contributed by atoms with Crippen LogP contribution in [0, 0.1) is 0 Å². The van der Waals surface area contributed by atoms with Crippen molar-refractivity contribution in [3.05, 3.63) is 28.0 Å². The van der Waals surface area contributed by atoms with Crippen molar-refractivity contribution in [3.8, 4) is 0 Å². The van der Waals surface area contributed by atoms with Crippen LogP contribution in [-0.2, 0) is 4.79 Å². The van der Waals surface area contributed by atoms with Crippen molar-refractivity contribution >= 4 is 29.3 Å². The number of carboxylic acids is 1. The van der Waals surface area contributed by atoms with Gasteiger partial charge in [-0.1, -0.05) is 0 Å². The molecular weight excluding hydrogens is 288 g/mol. The lowest BCUT2D eigenvalue weighted by atomic mass is 10.1. The van der Waals surface area contributed by atoms with Crippen molar-refractivity contribution in [3.63, 3.8) is 0 Å². The zero-order valence-corrected chi connectivity index (χ0v) is 12.4. The predicted octanol–water partition coefficient (Wildman–Crippen LogP) is 1.81. The molecule has 0 radical (unpaired) electrons. The Morgan fingerprint density at radius 1 is 1.33 bits per heavy atom. The zero-order valence-electron chi connectivity index (χ0n) is 11.6. The van der Waals surface area contributed by atoms with Gasteiger partial charge in [0.15, 0.2) is 0 Å². The highest BCUT2D eigenvalue weighted by atomic mass is 32.1. The van der Waals surface area contributed by atoms with Crippen molar-refractivity contribution in [2.24, 2.45) is 0 Å². The Morgan fingerprint density at radius 2 is 2.19 bits per heavy atom. The van der Waals surface area contributed by atoms with Crippen LogP contribution in [0.1, 0.15) is 33.8 Å². The molecule has 3 rings (SSSR count). The number of rotatable bonds is 4. The maximum absolute atomic E-state index is 12.3. The van der Waals surface area contributed by atoms with Crippen molar-refractivity contribution in [2.45, 2.75) is 31.3 Å². The Labute approximate surface area is 127 Å². The van der Waals surface area contributed by atoms with Crippen LogP contribution in [0.4, 0.5) is 0 Å². The van der Waals surface area contributed by atoms with Crippen LogP contribution < -0.4 is 5.32 Å². The van der Waals surface area contributed by atoms with Crippen LogP contribution >= 0.6 is 11.3 Å². The number of nitrogens with one attached hydrogen (secondary N) is 1. The summed E-state index contributed by atoms with van der Waals surface area (Å²) < 4.78 is 0. The van der Waals surface area contributed by atoms with Crippen molar-refractivity contribution in [2.75, 3.05) is 13.1 Å². The van der Waals surface area contributed by atoms with E-state index in [0.29, 0.717) is 10.9 Å². The molecule has 2 fully saturated rings. The molecule has 6 heteroatoms. The van der Waals surface area contributed by atoms with Gasteiger partial charge in [-0.2, -0.15) is 0 Å². The summed E-state index contributed by atoms with van der Waals surface area (Å²) >= 11 is 1.32. The molecule has 3 heterocycles. The van der Waals surface area contributed by atoms with Gasteiger partial charge in [0.1, 0.15) is 0 Å². The minimum absolute atomic E-state index is 0.0475. The predicted molar refractivity (Wildman–Crippen MR) is 81.5 cm³/mol. The summed E-state index contributed by atoms with van der Waals surface area (Å²) in [4.78, 5) is 26.6. The molecule has 2 aliphatic heterocycles. The summed E-state index contributed by atoms with van der Waals surface area (Å²) in [6.07, 6.45) is 6.01. The second-order valence-electron chi connectivity index (χ2n) is 5.49. The molecule has 2 N–H and O–H groups in total. The van der Waals surface area contributed by atoms with Gasteiger partial charge in [0.2, 0.25) is 0 Å². The lowest BCUT2D eigenvalue weighted by Crippen LogP contribution is -2.42. The number of aliphatic carboxylic acids is 1. The second kappa shape index (κ2) is 5.99. The van der Waals surface area contributed by atoms with Crippen LogP contribution in [-0.4, -0.2) is 47.1 Å². The van der Waals surface area contributed by atoms with Crippen LogP contribution in [0.3, 0.4) is 0 Å². The lowest BCUT2D eigenvalue weighted by Gasteiger charge is -2.20. The van der Waals surface area contributed by atoms with Crippen molar-refractivity contribution in [1.82, 2.24) is 10.2 Å². The molecule has 1 aromatic rings. The van der Waals surface area contributed by atoms with Gasteiger partial charge in [-0.15, -0.1) is 11.3 Å². The van der Waals surface area contributed by atoms with Crippen molar-refractivity contribution < 1.29 is 14.7 Å². The summed E-state index contributed by atoms with van der Waals surface area (Å²) in [6, 6.07) is 4.28. The van der Waals surface area contributed by atoms with Gasteiger partial charge in [0, 0.05) is 29.6 Å². The molecule has 5 nitrogen and oxygen atoms in total. The van der Waals surface area contributed by atoms with Crippen LogP contribution in [0.5, 0.6) is 0 Å². The molecular formula is C15H18N2O3S. The quantitative estimate of drug-likeness (QED) is 0.833. The minimum Gasteiger partial charge on any atom is -0.478 e. The summed E-state index contributed by atoms with van der Waals surface area (Å²) in [6.45, 7) is 2.23. The van der Waals surface area contributed by atoms with E-state index in [0.717, 1.165) is 30.5 Å². The van der Waals surface area contributed by atoms with E-state index in [1.165, 1.54) is 30.3 Å². The lowest BCUT2D eigenvalue weighted by molar-refractivity contribution is -0.131. The molecule has 2 aliphatic rings. The largest absolute Gasteiger partial charge is 0.478 e. The zero-order chi connectivity index (χ0) is 14.8. The Balaban J connectivity index is 1.62. The SMILES string of the molecule is O=C(O)C=Cc1ccc(C(=O)NC2CCN3CCCC23)s1. The molecule has 2 saturated heterocycles. The molecule has 2 unspecified atom stereocenters. The van der Waals surface area contributed by atoms with Gasteiger partial charge in [-0.3, -0.25) is 9.69 Å². The molecule has 0 aliphatic carbocycles. The highest BCUT2D eigenvalue weighted by Crippen LogP contribution is 2.28. The maximum atomic E-state index is 12.3. The van der Waals surface area contributed by atoms with E-state index in [9.17, 15) is 9.59 Å². The average Bonchev–Trinajstić information content (AvgIpc) is 3.13. The van der Waals surface area contributed by atoms with Crippen LogP contribution in [0.25, 0.3) is 6.08 Å². The van der Waals surface area contributed by atoms with Crippen molar-refractivity contribution in [1.29, 1.82) is 0 Å². The third-order valence-electron chi connectivity index (χ3n) is 4.16. The highest BCUT2D eigenvalue weighted by molar-refractivity contribution is 7.14. The standard InChI is InChI=1S/C15H18N2O3S/c18-14(19)6-4-10-3-5-13(21-10)15(20)16-11-7-9-17-8-1-2-12(11)17/h3-6,11-12H,1-2,7-9H2,(H,16,20)(H,18,19). The van der Waals surface area contributed by atoms with E-state index in [2.05, 4.69) is 10.2 Å². The first-order valence-electron chi connectivity index (χ1n) is 7.19. The third kappa shape index (κ3) is 3.16. The van der Waals surface area contributed by atoms with Gasteiger partial charge in [0.05, 0.1) is 4.88 Å². The van der Waals surface area contributed by atoms with E-state index < -0.39 is 5.97 Å². The first kappa shape index (κ1) is 14.3. The number of carbonyl (C=O) groups excluding carboxylic acids is 1. The number of hydrogen-bond acceptors (Lipinski definition) is 4. The number of thiophene rings is 1. The van der Waals surface area contributed by atoms with Gasteiger partial charge >= 0.3 is 5.97 Å². The Bertz CT molecular complexity index is 581. The Kier molecular flexibility index (Phi) is 4.07. The molecule has 0 aromatic carbocycles. The van der Waals surface area contributed by atoms with E-state index in [1.807, 2.05) is 0 Å². The number of nitrogens with zero attached hydrogens (tertiary/aromatic N) is 1. The van der Waals surface area contributed by atoms with Crippen LogP contribution in [0.15, 0.2) is 18.2 Å². The molecule has 0 saturated carbocycles. The normalized spacial score (nSPS) is 25.3. The highest BCUT2D eigenvalue weighted by Gasteiger charge is 2.37. The second-order valence-corrected chi connectivity index (χ2v) is 6.60. The first-order chi connectivity index (χ1) is 10.1. The number of carbonyl (C=O) groups is 2. The molecule has 0 spiro atoms. The molecule has 21 heavy (non-hydrogen) atoms. The molecule has 1 amide bonds. The fourth-order valence-corrected chi connectivity index (χ4v) is 4.02. The Hall–Kier alpha value is -1.66. The fourth-order valence-electron chi connectivity index (χ4n) is 3.21. The van der Waals surface area contributed by atoms with E-state index in [1.54, 1.807) is 12.1 Å². The van der Waals surface area contributed by atoms with E-state index in [4.69, 9.17) is 5.11 Å². The first-order valence-corrected chi connectivity index (χ1v) is 8.01. The molecule has 112 valence electrons.